The van der Waals surface area contributed by atoms with Crippen molar-refractivity contribution in [2.75, 3.05) is 19.7 Å². The number of nitrogens with zero attached hydrogens (tertiary/aromatic N) is 1. The predicted molar refractivity (Wildman–Crippen MR) is 74.6 cm³/mol. The van der Waals surface area contributed by atoms with Crippen molar-refractivity contribution in [3.8, 4) is 0 Å². The normalized spacial score (nSPS) is 19.9. The van der Waals surface area contributed by atoms with E-state index < -0.39 is 0 Å². The number of carbonyl (C=O) groups is 1. The van der Waals surface area contributed by atoms with Crippen LogP contribution in [-0.4, -0.2) is 36.6 Å². The fourth-order valence-electron chi connectivity index (χ4n) is 2.00. The first-order valence-electron chi connectivity index (χ1n) is 6.01. The second-order valence-electron chi connectivity index (χ2n) is 4.32. The summed E-state index contributed by atoms with van der Waals surface area (Å²) in [5.41, 5.74) is 0.515. The highest BCUT2D eigenvalue weighted by Gasteiger charge is 2.25. The Labute approximate surface area is 117 Å². The number of amides is 1. The summed E-state index contributed by atoms with van der Waals surface area (Å²) in [5, 5.41) is 0.470. The number of halogens is 1. The highest BCUT2D eigenvalue weighted by Crippen LogP contribution is 2.22. The van der Waals surface area contributed by atoms with Crippen molar-refractivity contribution >= 4 is 30.1 Å². The number of benzene rings is 1. The van der Waals surface area contributed by atoms with Gasteiger partial charge >= 0.3 is 0 Å². The molecule has 1 atom stereocenters. The van der Waals surface area contributed by atoms with Crippen LogP contribution < -0.4 is 0 Å². The standard InChI is InChI=1S/C13H16ClNO2S/c1-2-9-8-15(5-6-17-9)13(16)11-7-10(18)3-4-12(11)14/h3-4,7,9,18H,2,5-6,8H2,1H3. The molecule has 0 spiro atoms. The molecule has 5 heteroatoms. The van der Waals surface area contributed by atoms with Gasteiger partial charge < -0.3 is 9.64 Å². The minimum Gasteiger partial charge on any atom is -0.375 e. The second kappa shape index (κ2) is 5.95. The SMILES string of the molecule is CCC1CN(C(=O)c2cc(S)ccc2Cl)CCO1. The third-order valence-electron chi connectivity index (χ3n) is 3.06. The molecule has 1 aliphatic heterocycles. The van der Waals surface area contributed by atoms with E-state index in [0.717, 1.165) is 11.3 Å². The van der Waals surface area contributed by atoms with Gasteiger partial charge in [-0.1, -0.05) is 18.5 Å². The maximum Gasteiger partial charge on any atom is 0.255 e. The number of rotatable bonds is 2. The van der Waals surface area contributed by atoms with Crippen LogP contribution in [0.1, 0.15) is 23.7 Å². The zero-order chi connectivity index (χ0) is 13.1. The average molecular weight is 286 g/mol. The molecule has 1 amide bonds. The Hall–Kier alpha value is -0.710. The van der Waals surface area contributed by atoms with Gasteiger partial charge in [0.15, 0.2) is 0 Å². The van der Waals surface area contributed by atoms with Gasteiger partial charge in [0.1, 0.15) is 0 Å². The molecular weight excluding hydrogens is 270 g/mol. The number of hydrogen-bond acceptors (Lipinski definition) is 3. The molecule has 3 nitrogen and oxygen atoms in total. The molecule has 0 saturated carbocycles. The number of thiol groups is 1. The van der Waals surface area contributed by atoms with Crippen LogP contribution in [0.3, 0.4) is 0 Å². The van der Waals surface area contributed by atoms with Crippen LogP contribution in [0.25, 0.3) is 0 Å². The van der Waals surface area contributed by atoms with Crippen molar-refractivity contribution in [3.05, 3.63) is 28.8 Å². The summed E-state index contributed by atoms with van der Waals surface area (Å²) in [6.07, 6.45) is 1.03. The Kier molecular flexibility index (Phi) is 4.54. The Morgan fingerprint density at radius 3 is 3.11 bits per heavy atom. The number of morpholine rings is 1. The number of carbonyl (C=O) groups excluding carboxylic acids is 1. The van der Waals surface area contributed by atoms with Crippen molar-refractivity contribution < 1.29 is 9.53 Å². The molecule has 0 radical (unpaired) electrons. The molecule has 1 saturated heterocycles. The quantitative estimate of drug-likeness (QED) is 0.847. The Morgan fingerprint density at radius 2 is 2.39 bits per heavy atom. The lowest BCUT2D eigenvalue weighted by Gasteiger charge is -2.32. The van der Waals surface area contributed by atoms with E-state index in [1.807, 2.05) is 0 Å². The summed E-state index contributed by atoms with van der Waals surface area (Å²) in [6, 6.07) is 5.19. The number of hydrogen-bond donors (Lipinski definition) is 1. The average Bonchev–Trinajstić information content (AvgIpc) is 2.41. The van der Waals surface area contributed by atoms with Crippen molar-refractivity contribution in [1.82, 2.24) is 4.90 Å². The molecule has 1 aliphatic rings. The summed E-state index contributed by atoms with van der Waals surface area (Å²) >= 11 is 10.3. The van der Waals surface area contributed by atoms with Gasteiger partial charge in [0.2, 0.25) is 0 Å². The van der Waals surface area contributed by atoms with Gasteiger partial charge in [-0.05, 0) is 24.6 Å². The van der Waals surface area contributed by atoms with Crippen molar-refractivity contribution in [3.63, 3.8) is 0 Å². The van der Waals surface area contributed by atoms with Crippen molar-refractivity contribution in [2.45, 2.75) is 24.3 Å². The topological polar surface area (TPSA) is 29.5 Å². The molecule has 1 heterocycles. The molecular formula is C13H16ClNO2S. The Bertz CT molecular complexity index is 453. The Morgan fingerprint density at radius 1 is 1.61 bits per heavy atom. The fraction of sp³-hybridized carbons (Fsp3) is 0.462. The monoisotopic (exact) mass is 285 g/mol. The van der Waals surface area contributed by atoms with Crippen LogP contribution in [0, 0.1) is 0 Å². The van der Waals surface area contributed by atoms with Gasteiger partial charge in [0, 0.05) is 18.0 Å². The van der Waals surface area contributed by atoms with E-state index >= 15 is 0 Å². The minimum absolute atomic E-state index is 0.0438. The van der Waals surface area contributed by atoms with Crippen molar-refractivity contribution in [2.24, 2.45) is 0 Å². The molecule has 1 fully saturated rings. The largest absolute Gasteiger partial charge is 0.375 e. The van der Waals surface area contributed by atoms with E-state index in [4.69, 9.17) is 16.3 Å². The third kappa shape index (κ3) is 2.99. The van der Waals surface area contributed by atoms with Crippen LogP contribution in [-0.2, 0) is 4.74 Å². The summed E-state index contributed by atoms with van der Waals surface area (Å²) < 4.78 is 5.56. The molecule has 1 aromatic rings. The maximum absolute atomic E-state index is 12.4. The van der Waals surface area contributed by atoms with E-state index in [2.05, 4.69) is 19.6 Å². The molecule has 0 aliphatic carbocycles. The van der Waals surface area contributed by atoms with Crippen LogP contribution in [0.15, 0.2) is 23.1 Å². The molecule has 0 N–H and O–H groups in total. The summed E-state index contributed by atoms with van der Waals surface area (Å²) in [5.74, 6) is -0.0438. The van der Waals surface area contributed by atoms with Gasteiger partial charge in [0.25, 0.3) is 5.91 Å². The lowest BCUT2D eigenvalue weighted by molar-refractivity contribution is -0.0226. The van der Waals surface area contributed by atoms with Crippen molar-refractivity contribution in [1.29, 1.82) is 0 Å². The zero-order valence-corrected chi connectivity index (χ0v) is 11.9. The van der Waals surface area contributed by atoms with Crippen LogP contribution in [0.2, 0.25) is 5.02 Å². The molecule has 1 unspecified atom stereocenters. The minimum atomic E-state index is -0.0438. The molecule has 2 rings (SSSR count). The summed E-state index contributed by atoms with van der Waals surface area (Å²) in [7, 11) is 0. The van der Waals surface area contributed by atoms with Gasteiger partial charge in [-0.3, -0.25) is 4.79 Å². The van der Waals surface area contributed by atoms with E-state index in [-0.39, 0.29) is 12.0 Å². The fourth-order valence-corrected chi connectivity index (χ4v) is 2.40. The Balaban J connectivity index is 2.17. The maximum atomic E-state index is 12.4. The highest BCUT2D eigenvalue weighted by atomic mass is 35.5. The molecule has 1 aromatic carbocycles. The van der Waals surface area contributed by atoms with Crippen LogP contribution in [0.5, 0.6) is 0 Å². The predicted octanol–water partition coefficient (Wildman–Crippen LogP) is 2.88. The van der Waals surface area contributed by atoms with Gasteiger partial charge in [-0.15, -0.1) is 12.6 Å². The third-order valence-corrected chi connectivity index (χ3v) is 3.67. The van der Waals surface area contributed by atoms with E-state index in [9.17, 15) is 4.79 Å². The van der Waals surface area contributed by atoms with Crippen LogP contribution >= 0.6 is 24.2 Å². The second-order valence-corrected chi connectivity index (χ2v) is 5.24. The molecule has 98 valence electrons. The first-order chi connectivity index (χ1) is 8.61. The summed E-state index contributed by atoms with van der Waals surface area (Å²) in [4.78, 5) is 14.9. The molecule has 0 bridgehead atoms. The van der Waals surface area contributed by atoms with E-state index in [0.29, 0.717) is 30.3 Å². The van der Waals surface area contributed by atoms with Gasteiger partial charge in [-0.2, -0.15) is 0 Å². The van der Waals surface area contributed by atoms with Gasteiger partial charge in [0.05, 0.1) is 23.3 Å². The molecule has 0 aromatic heterocycles. The lowest BCUT2D eigenvalue weighted by atomic mass is 10.1. The van der Waals surface area contributed by atoms with Gasteiger partial charge in [-0.25, -0.2) is 0 Å². The highest BCUT2D eigenvalue weighted by molar-refractivity contribution is 7.80. The molecule has 18 heavy (non-hydrogen) atoms. The summed E-state index contributed by atoms with van der Waals surface area (Å²) in [6.45, 7) is 3.88. The van der Waals surface area contributed by atoms with E-state index in [1.54, 1.807) is 23.1 Å². The number of ether oxygens (including phenoxy) is 1. The smallest absolute Gasteiger partial charge is 0.255 e. The lowest BCUT2D eigenvalue weighted by Crippen LogP contribution is -2.45. The first kappa shape index (κ1) is 13.7. The first-order valence-corrected chi connectivity index (χ1v) is 6.83. The zero-order valence-electron chi connectivity index (χ0n) is 10.2. The van der Waals surface area contributed by atoms with Crippen LogP contribution in [0.4, 0.5) is 0 Å². The van der Waals surface area contributed by atoms with E-state index in [1.165, 1.54) is 0 Å².